The second-order valence-electron chi connectivity index (χ2n) is 5.63. The molecule has 4 heteroatoms. The monoisotopic (exact) mass is 346 g/mol. The molecule has 1 aromatic carbocycles. The Morgan fingerprint density at radius 1 is 1.24 bits per heavy atom. The van der Waals surface area contributed by atoms with Gasteiger partial charge in [0.2, 0.25) is 5.88 Å². The Labute approximate surface area is 133 Å². The minimum atomic E-state index is 0.673. The summed E-state index contributed by atoms with van der Waals surface area (Å²) in [5.41, 5.74) is 3.36. The molecule has 0 bridgehead atoms. The van der Waals surface area contributed by atoms with Crippen LogP contribution in [0.25, 0.3) is 0 Å². The lowest BCUT2D eigenvalue weighted by atomic mass is 10.2. The van der Waals surface area contributed by atoms with E-state index in [2.05, 4.69) is 32.3 Å². The van der Waals surface area contributed by atoms with Gasteiger partial charge in [0.25, 0.3) is 0 Å². The zero-order valence-electron chi connectivity index (χ0n) is 12.3. The third-order valence-electron chi connectivity index (χ3n) is 3.62. The third-order valence-corrected chi connectivity index (χ3v) is 4.11. The number of aromatic nitrogens is 1. The van der Waals surface area contributed by atoms with Crippen molar-refractivity contribution in [2.45, 2.75) is 39.3 Å². The van der Waals surface area contributed by atoms with Crippen molar-refractivity contribution < 1.29 is 4.74 Å². The number of ether oxygens (including phenoxy) is 1. The zero-order chi connectivity index (χ0) is 14.8. The van der Waals surface area contributed by atoms with Crippen molar-refractivity contribution >= 4 is 15.9 Å². The van der Waals surface area contributed by atoms with Gasteiger partial charge in [0.1, 0.15) is 5.75 Å². The molecule has 3 nitrogen and oxygen atoms in total. The van der Waals surface area contributed by atoms with Crippen molar-refractivity contribution in [3.63, 3.8) is 0 Å². The number of hydrogen-bond donors (Lipinski definition) is 1. The third kappa shape index (κ3) is 3.83. The van der Waals surface area contributed by atoms with Gasteiger partial charge in [-0.05, 0) is 56.0 Å². The van der Waals surface area contributed by atoms with Crippen LogP contribution in [0.4, 0.5) is 0 Å². The average Bonchev–Trinajstić information content (AvgIpc) is 3.27. The first-order valence-corrected chi connectivity index (χ1v) is 8.04. The summed E-state index contributed by atoms with van der Waals surface area (Å²) in [7, 11) is 0. The minimum Gasteiger partial charge on any atom is -0.438 e. The topological polar surface area (TPSA) is 34.1 Å². The Hall–Kier alpha value is -1.39. The van der Waals surface area contributed by atoms with Gasteiger partial charge in [-0.2, -0.15) is 0 Å². The summed E-state index contributed by atoms with van der Waals surface area (Å²) in [5.74, 6) is 1.51. The van der Waals surface area contributed by atoms with Gasteiger partial charge in [-0.15, -0.1) is 0 Å². The predicted octanol–water partition coefficient (Wildman–Crippen LogP) is 4.51. The number of benzene rings is 1. The lowest BCUT2D eigenvalue weighted by Gasteiger charge is -2.11. The molecule has 0 spiro atoms. The number of aryl methyl sites for hydroxylation is 2. The van der Waals surface area contributed by atoms with Gasteiger partial charge >= 0.3 is 0 Å². The summed E-state index contributed by atoms with van der Waals surface area (Å²) in [6, 6.07) is 8.87. The molecule has 2 aromatic rings. The summed E-state index contributed by atoms with van der Waals surface area (Å²) in [6.07, 6.45) is 4.50. The van der Waals surface area contributed by atoms with Gasteiger partial charge in [-0.25, -0.2) is 4.98 Å². The molecule has 0 amide bonds. The maximum Gasteiger partial charge on any atom is 0.222 e. The fourth-order valence-electron chi connectivity index (χ4n) is 2.16. The highest BCUT2D eigenvalue weighted by Crippen LogP contribution is 2.29. The minimum absolute atomic E-state index is 0.673. The maximum absolute atomic E-state index is 5.95. The molecule has 3 rings (SSSR count). The number of pyridine rings is 1. The second kappa shape index (κ2) is 6.16. The van der Waals surface area contributed by atoms with E-state index in [0.717, 1.165) is 27.9 Å². The van der Waals surface area contributed by atoms with Crippen LogP contribution in [0.5, 0.6) is 11.6 Å². The van der Waals surface area contributed by atoms with E-state index in [4.69, 9.17) is 4.74 Å². The fourth-order valence-corrected chi connectivity index (χ4v) is 2.50. The molecule has 0 atom stereocenters. The standard InChI is InChI=1S/C17H19BrN2O/c1-11-3-4-14(18)8-16(11)21-17-12(2)7-13(10-20-17)9-19-15-5-6-15/h3-4,7-8,10,15,19H,5-6,9H2,1-2H3. The number of halogens is 1. The molecule has 1 aromatic heterocycles. The van der Waals surface area contributed by atoms with E-state index >= 15 is 0 Å². The largest absolute Gasteiger partial charge is 0.438 e. The highest BCUT2D eigenvalue weighted by atomic mass is 79.9. The highest BCUT2D eigenvalue weighted by Gasteiger charge is 2.20. The molecule has 0 saturated heterocycles. The van der Waals surface area contributed by atoms with Crippen LogP contribution in [-0.2, 0) is 6.54 Å². The van der Waals surface area contributed by atoms with Crippen LogP contribution in [0.15, 0.2) is 34.9 Å². The highest BCUT2D eigenvalue weighted by molar-refractivity contribution is 9.10. The Kier molecular flexibility index (Phi) is 4.27. The molecule has 110 valence electrons. The van der Waals surface area contributed by atoms with Crippen LogP contribution in [0, 0.1) is 13.8 Å². The van der Waals surface area contributed by atoms with Crippen LogP contribution in [0.1, 0.15) is 29.5 Å². The van der Waals surface area contributed by atoms with Crippen LogP contribution in [0.3, 0.4) is 0 Å². The fraction of sp³-hybridized carbons (Fsp3) is 0.353. The van der Waals surface area contributed by atoms with Crippen LogP contribution in [0.2, 0.25) is 0 Å². The van der Waals surface area contributed by atoms with Crippen molar-refractivity contribution in [3.05, 3.63) is 51.6 Å². The van der Waals surface area contributed by atoms with E-state index in [0.29, 0.717) is 11.9 Å². The quantitative estimate of drug-likeness (QED) is 0.864. The molecule has 1 aliphatic rings. The van der Waals surface area contributed by atoms with Gasteiger partial charge in [0, 0.05) is 28.8 Å². The second-order valence-corrected chi connectivity index (χ2v) is 6.55. The normalized spacial score (nSPS) is 14.2. The Balaban J connectivity index is 1.74. The first-order valence-electron chi connectivity index (χ1n) is 7.25. The van der Waals surface area contributed by atoms with Crippen molar-refractivity contribution in [3.8, 4) is 11.6 Å². The van der Waals surface area contributed by atoms with E-state index in [1.165, 1.54) is 18.4 Å². The summed E-state index contributed by atoms with van der Waals surface area (Å²) in [5, 5.41) is 3.50. The summed E-state index contributed by atoms with van der Waals surface area (Å²) < 4.78 is 6.96. The molecular weight excluding hydrogens is 328 g/mol. The molecule has 0 aliphatic heterocycles. The van der Waals surface area contributed by atoms with E-state index in [-0.39, 0.29) is 0 Å². The first-order chi connectivity index (χ1) is 10.1. The van der Waals surface area contributed by atoms with Crippen LogP contribution < -0.4 is 10.1 Å². The Morgan fingerprint density at radius 2 is 2.05 bits per heavy atom. The van der Waals surface area contributed by atoms with Gasteiger partial charge in [-0.3, -0.25) is 0 Å². The molecule has 21 heavy (non-hydrogen) atoms. The number of nitrogens with one attached hydrogen (secondary N) is 1. The Bertz CT molecular complexity index is 653. The molecule has 1 heterocycles. The molecule has 1 saturated carbocycles. The van der Waals surface area contributed by atoms with Crippen molar-refractivity contribution in [1.29, 1.82) is 0 Å². The van der Waals surface area contributed by atoms with Gasteiger partial charge in [0.15, 0.2) is 0 Å². The summed E-state index contributed by atoms with van der Waals surface area (Å²) >= 11 is 3.47. The zero-order valence-corrected chi connectivity index (χ0v) is 13.9. The van der Waals surface area contributed by atoms with Gasteiger partial charge in [0.05, 0.1) is 0 Å². The lowest BCUT2D eigenvalue weighted by molar-refractivity contribution is 0.454. The van der Waals surface area contributed by atoms with Crippen molar-refractivity contribution in [2.75, 3.05) is 0 Å². The van der Waals surface area contributed by atoms with Crippen molar-refractivity contribution in [2.24, 2.45) is 0 Å². The van der Waals surface area contributed by atoms with Crippen LogP contribution >= 0.6 is 15.9 Å². The smallest absolute Gasteiger partial charge is 0.222 e. The Morgan fingerprint density at radius 3 is 2.76 bits per heavy atom. The molecule has 1 aliphatic carbocycles. The number of hydrogen-bond acceptors (Lipinski definition) is 3. The van der Waals surface area contributed by atoms with E-state index < -0.39 is 0 Å². The molecular formula is C17H19BrN2O. The van der Waals surface area contributed by atoms with Gasteiger partial charge < -0.3 is 10.1 Å². The predicted molar refractivity (Wildman–Crippen MR) is 87.8 cm³/mol. The van der Waals surface area contributed by atoms with E-state index in [1.54, 1.807) is 0 Å². The maximum atomic E-state index is 5.95. The van der Waals surface area contributed by atoms with Crippen LogP contribution in [-0.4, -0.2) is 11.0 Å². The SMILES string of the molecule is Cc1ccc(Br)cc1Oc1ncc(CNC2CC2)cc1C. The van der Waals surface area contributed by atoms with Gasteiger partial charge in [-0.1, -0.05) is 22.0 Å². The number of nitrogens with zero attached hydrogens (tertiary/aromatic N) is 1. The molecule has 0 unspecified atom stereocenters. The summed E-state index contributed by atoms with van der Waals surface area (Å²) in [4.78, 5) is 4.47. The first kappa shape index (κ1) is 14.5. The van der Waals surface area contributed by atoms with Crippen molar-refractivity contribution in [1.82, 2.24) is 10.3 Å². The van der Waals surface area contributed by atoms with E-state index in [9.17, 15) is 0 Å². The molecule has 1 fully saturated rings. The molecule has 1 N–H and O–H groups in total. The lowest BCUT2D eigenvalue weighted by Crippen LogP contribution is -2.15. The van der Waals surface area contributed by atoms with E-state index in [1.807, 2.05) is 38.2 Å². The molecule has 0 radical (unpaired) electrons. The summed E-state index contributed by atoms with van der Waals surface area (Å²) in [6.45, 7) is 4.95. The average molecular weight is 347 g/mol. The number of rotatable bonds is 5.